The Balaban J connectivity index is 2.17. The molecule has 2 aromatic rings. The molecule has 8 heteroatoms. The summed E-state index contributed by atoms with van der Waals surface area (Å²) < 4.78 is 6.95. The van der Waals surface area contributed by atoms with E-state index in [-0.39, 0.29) is 5.97 Å². The minimum absolute atomic E-state index is 0.304. The lowest BCUT2D eigenvalue weighted by Gasteiger charge is -2.28. The maximum absolute atomic E-state index is 12.5. The molecule has 1 aliphatic heterocycles. The highest BCUT2D eigenvalue weighted by molar-refractivity contribution is 7.98. The minimum atomic E-state index is -0.438. The smallest absolute Gasteiger partial charge is 0.338 e. The first kappa shape index (κ1) is 16.9. The molecule has 1 N–H and O–H groups in total. The van der Waals surface area contributed by atoms with Crippen LogP contribution in [-0.4, -0.2) is 33.6 Å². The van der Waals surface area contributed by atoms with Gasteiger partial charge in [-0.05, 0) is 37.8 Å². The summed E-state index contributed by atoms with van der Waals surface area (Å²) in [4.78, 5) is 17.0. The molecule has 0 amide bonds. The van der Waals surface area contributed by atoms with Gasteiger partial charge in [-0.2, -0.15) is 4.98 Å². The van der Waals surface area contributed by atoms with Crippen LogP contribution in [-0.2, 0) is 9.53 Å². The van der Waals surface area contributed by atoms with E-state index in [0.29, 0.717) is 34.0 Å². The number of carbonyl (C=O) groups is 1. The number of hydrogen-bond donors (Lipinski definition) is 1. The number of anilines is 1. The standard InChI is InChI=1S/C16H17ClN4O2S/c1-4-23-14(22)12-9(2)18-15-19-16(24-3)20-21(15)13(12)10-6-5-7-11(17)8-10/h5-8,13H,4H2,1-3H3,(H,18,19,20)/t13-/m1/s1. The summed E-state index contributed by atoms with van der Waals surface area (Å²) in [6, 6.07) is 6.95. The van der Waals surface area contributed by atoms with Crippen LogP contribution in [0.1, 0.15) is 25.5 Å². The van der Waals surface area contributed by atoms with Crippen molar-refractivity contribution in [1.82, 2.24) is 14.8 Å². The van der Waals surface area contributed by atoms with Crippen molar-refractivity contribution in [3.05, 3.63) is 46.1 Å². The number of esters is 1. The van der Waals surface area contributed by atoms with Crippen LogP contribution >= 0.6 is 23.4 Å². The molecule has 2 heterocycles. The molecule has 1 atom stereocenters. The van der Waals surface area contributed by atoms with Crippen LogP contribution in [0.25, 0.3) is 0 Å². The Morgan fingerprint density at radius 3 is 2.96 bits per heavy atom. The van der Waals surface area contributed by atoms with E-state index in [1.807, 2.05) is 31.4 Å². The van der Waals surface area contributed by atoms with Crippen LogP contribution in [0.5, 0.6) is 0 Å². The van der Waals surface area contributed by atoms with Crippen molar-refractivity contribution >= 4 is 35.3 Å². The first-order valence-corrected chi connectivity index (χ1v) is 9.06. The molecular formula is C16H17ClN4O2S. The Bertz CT molecular complexity index is 818. The molecule has 0 radical (unpaired) electrons. The number of rotatable bonds is 4. The van der Waals surface area contributed by atoms with Crippen molar-refractivity contribution in [3.63, 3.8) is 0 Å². The number of nitrogens with one attached hydrogen (secondary N) is 1. The lowest BCUT2D eigenvalue weighted by Crippen LogP contribution is -2.29. The summed E-state index contributed by atoms with van der Waals surface area (Å²) >= 11 is 7.59. The lowest BCUT2D eigenvalue weighted by molar-refractivity contribution is -0.139. The Labute approximate surface area is 149 Å². The Kier molecular flexibility index (Phi) is 4.82. The number of fused-ring (bicyclic) bond motifs is 1. The van der Waals surface area contributed by atoms with Crippen molar-refractivity contribution in [2.45, 2.75) is 25.0 Å². The number of carbonyl (C=O) groups excluding carboxylic acids is 1. The third-order valence-electron chi connectivity index (χ3n) is 3.68. The van der Waals surface area contributed by atoms with Gasteiger partial charge in [0, 0.05) is 10.7 Å². The molecule has 0 fully saturated rings. The molecule has 0 saturated carbocycles. The molecule has 1 aliphatic rings. The Hall–Kier alpha value is -1.99. The highest BCUT2D eigenvalue weighted by Crippen LogP contribution is 2.37. The van der Waals surface area contributed by atoms with Gasteiger partial charge in [0.25, 0.3) is 0 Å². The van der Waals surface area contributed by atoms with E-state index in [4.69, 9.17) is 16.3 Å². The van der Waals surface area contributed by atoms with Crippen molar-refractivity contribution in [2.75, 3.05) is 18.2 Å². The van der Waals surface area contributed by atoms with Crippen molar-refractivity contribution in [3.8, 4) is 0 Å². The van der Waals surface area contributed by atoms with E-state index in [2.05, 4.69) is 15.4 Å². The van der Waals surface area contributed by atoms with E-state index in [1.165, 1.54) is 11.8 Å². The quantitative estimate of drug-likeness (QED) is 0.661. The number of hydrogen-bond acceptors (Lipinski definition) is 6. The molecular weight excluding hydrogens is 348 g/mol. The van der Waals surface area contributed by atoms with Gasteiger partial charge in [-0.3, -0.25) is 0 Å². The average Bonchev–Trinajstić information content (AvgIpc) is 2.96. The molecule has 1 aromatic carbocycles. The number of thioether (sulfide) groups is 1. The maximum Gasteiger partial charge on any atom is 0.338 e. The molecule has 6 nitrogen and oxygen atoms in total. The maximum atomic E-state index is 12.5. The Morgan fingerprint density at radius 1 is 1.50 bits per heavy atom. The van der Waals surface area contributed by atoms with Crippen LogP contribution in [0.3, 0.4) is 0 Å². The van der Waals surface area contributed by atoms with Crippen LogP contribution in [0.15, 0.2) is 40.7 Å². The predicted molar refractivity (Wildman–Crippen MR) is 94.3 cm³/mol. The van der Waals surface area contributed by atoms with E-state index >= 15 is 0 Å². The normalized spacial score (nSPS) is 16.6. The average molecular weight is 365 g/mol. The molecule has 24 heavy (non-hydrogen) atoms. The number of benzene rings is 1. The summed E-state index contributed by atoms with van der Waals surface area (Å²) in [6.07, 6.45) is 1.91. The fourth-order valence-corrected chi connectivity index (χ4v) is 3.22. The van der Waals surface area contributed by atoms with Crippen LogP contribution in [0, 0.1) is 0 Å². The molecule has 0 unspecified atom stereocenters. The molecule has 3 rings (SSSR count). The van der Waals surface area contributed by atoms with Crippen LogP contribution in [0.2, 0.25) is 5.02 Å². The van der Waals surface area contributed by atoms with Gasteiger partial charge in [0.05, 0.1) is 12.2 Å². The lowest BCUT2D eigenvalue weighted by atomic mass is 9.96. The second-order valence-corrected chi connectivity index (χ2v) is 6.42. The number of nitrogens with zero attached hydrogens (tertiary/aromatic N) is 3. The van der Waals surface area contributed by atoms with E-state index in [9.17, 15) is 4.79 Å². The third-order valence-corrected chi connectivity index (χ3v) is 4.45. The summed E-state index contributed by atoms with van der Waals surface area (Å²) in [6.45, 7) is 3.92. The second-order valence-electron chi connectivity index (χ2n) is 5.21. The van der Waals surface area contributed by atoms with Gasteiger partial charge in [0.1, 0.15) is 6.04 Å². The monoisotopic (exact) mass is 364 g/mol. The van der Waals surface area contributed by atoms with Crippen molar-refractivity contribution in [2.24, 2.45) is 0 Å². The van der Waals surface area contributed by atoms with Crippen molar-refractivity contribution < 1.29 is 9.53 Å². The van der Waals surface area contributed by atoms with E-state index in [1.54, 1.807) is 17.7 Å². The molecule has 0 bridgehead atoms. The predicted octanol–water partition coefficient (Wildman–Crippen LogP) is 3.51. The first-order chi connectivity index (χ1) is 11.5. The molecule has 0 aliphatic carbocycles. The number of ether oxygens (including phenoxy) is 1. The van der Waals surface area contributed by atoms with Gasteiger partial charge in [-0.25, -0.2) is 9.48 Å². The number of aromatic nitrogens is 3. The summed E-state index contributed by atoms with van der Waals surface area (Å²) in [5.74, 6) is 0.217. The van der Waals surface area contributed by atoms with Gasteiger partial charge >= 0.3 is 5.97 Å². The zero-order valence-corrected chi connectivity index (χ0v) is 15.1. The summed E-state index contributed by atoms with van der Waals surface area (Å²) in [7, 11) is 0. The number of halogens is 1. The number of allylic oxidation sites excluding steroid dienone is 1. The summed E-state index contributed by atoms with van der Waals surface area (Å²) in [5, 5.41) is 8.87. The molecule has 126 valence electrons. The zero-order chi connectivity index (χ0) is 17.3. The topological polar surface area (TPSA) is 69.0 Å². The highest BCUT2D eigenvalue weighted by atomic mass is 35.5. The van der Waals surface area contributed by atoms with E-state index in [0.717, 1.165) is 5.56 Å². The fourth-order valence-electron chi connectivity index (χ4n) is 2.68. The van der Waals surface area contributed by atoms with E-state index < -0.39 is 6.04 Å². The summed E-state index contributed by atoms with van der Waals surface area (Å²) in [5.41, 5.74) is 2.06. The van der Waals surface area contributed by atoms with Crippen LogP contribution < -0.4 is 5.32 Å². The Morgan fingerprint density at radius 2 is 2.29 bits per heavy atom. The van der Waals surface area contributed by atoms with Gasteiger partial charge in [0.2, 0.25) is 11.1 Å². The molecule has 0 saturated heterocycles. The SMILES string of the molecule is CCOC(=O)C1=C(C)Nc2nc(SC)nn2[C@@H]1c1cccc(Cl)c1. The first-order valence-electron chi connectivity index (χ1n) is 7.46. The zero-order valence-electron chi connectivity index (χ0n) is 13.5. The van der Waals surface area contributed by atoms with Crippen molar-refractivity contribution in [1.29, 1.82) is 0 Å². The molecule has 1 aromatic heterocycles. The van der Waals surface area contributed by atoms with Gasteiger partial charge < -0.3 is 10.1 Å². The molecule has 0 spiro atoms. The highest BCUT2D eigenvalue weighted by Gasteiger charge is 2.35. The van der Waals surface area contributed by atoms with Gasteiger partial charge in [-0.1, -0.05) is 35.5 Å². The van der Waals surface area contributed by atoms with Gasteiger partial charge in [0.15, 0.2) is 0 Å². The fraction of sp³-hybridized carbons (Fsp3) is 0.312. The third kappa shape index (κ3) is 3.01. The second kappa shape index (κ2) is 6.86. The van der Waals surface area contributed by atoms with Gasteiger partial charge in [-0.15, -0.1) is 5.10 Å². The van der Waals surface area contributed by atoms with Crippen LogP contribution in [0.4, 0.5) is 5.95 Å². The largest absolute Gasteiger partial charge is 0.463 e. The minimum Gasteiger partial charge on any atom is -0.463 e.